The van der Waals surface area contributed by atoms with Crippen LogP contribution in [0.3, 0.4) is 0 Å². The van der Waals surface area contributed by atoms with Gasteiger partial charge in [0, 0.05) is 18.2 Å². The predicted octanol–water partition coefficient (Wildman–Crippen LogP) is 3.85. The van der Waals surface area contributed by atoms with E-state index in [-0.39, 0.29) is 18.4 Å². The van der Waals surface area contributed by atoms with Crippen LogP contribution in [-0.2, 0) is 11.3 Å². The van der Waals surface area contributed by atoms with Crippen LogP contribution in [0.2, 0.25) is 0 Å². The summed E-state index contributed by atoms with van der Waals surface area (Å²) in [4.78, 5) is 16.7. The summed E-state index contributed by atoms with van der Waals surface area (Å²) in [5, 5.41) is 15.3. The van der Waals surface area contributed by atoms with Crippen LogP contribution in [0.5, 0.6) is 0 Å². The van der Waals surface area contributed by atoms with Gasteiger partial charge in [0.25, 0.3) is 5.89 Å². The van der Waals surface area contributed by atoms with Gasteiger partial charge in [-0.3, -0.25) is 9.20 Å². The van der Waals surface area contributed by atoms with Crippen LogP contribution in [0.1, 0.15) is 48.1 Å². The minimum absolute atomic E-state index is 0.164. The minimum atomic E-state index is -0.202. The second-order valence-corrected chi connectivity index (χ2v) is 7.76. The van der Waals surface area contributed by atoms with Crippen LogP contribution in [0.25, 0.3) is 23.2 Å². The van der Waals surface area contributed by atoms with Gasteiger partial charge in [-0.25, -0.2) is 0 Å². The van der Waals surface area contributed by atoms with Gasteiger partial charge in [-0.2, -0.15) is 4.98 Å². The molecule has 8 nitrogen and oxygen atoms in total. The molecule has 4 aromatic rings. The Bertz CT molecular complexity index is 1270. The predicted molar refractivity (Wildman–Crippen MR) is 117 cm³/mol. The summed E-state index contributed by atoms with van der Waals surface area (Å²) in [5.41, 5.74) is 4.62. The Hall–Kier alpha value is -3.81. The number of nitrogens with zero attached hydrogens (tertiary/aromatic N) is 5. The van der Waals surface area contributed by atoms with Gasteiger partial charge in [0.05, 0.1) is 12.1 Å². The van der Waals surface area contributed by atoms with Crippen LogP contribution in [-0.4, -0.2) is 30.6 Å². The Labute approximate surface area is 180 Å². The summed E-state index contributed by atoms with van der Waals surface area (Å²) >= 11 is 0. The van der Waals surface area contributed by atoms with E-state index in [1.165, 1.54) is 11.6 Å². The number of hydrogen-bond donors (Lipinski definition) is 1. The van der Waals surface area contributed by atoms with E-state index in [4.69, 9.17) is 4.52 Å². The second-order valence-electron chi connectivity index (χ2n) is 7.76. The van der Waals surface area contributed by atoms with Crippen molar-refractivity contribution < 1.29 is 9.32 Å². The van der Waals surface area contributed by atoms with Crippen LogP contribution in [0, 0.1) is 13.8 Å². The van der Waals surface area contributed by atoms with E-state index in [2.05, 4.69) is 31.7 Å². The van der Waals surface area contributed by atoms with Crippen molar-refractivity contribution in [1.82, 2.24) is 30.1 Å². The molecule has 0 saturated heterocycles. The van der Waals surface area contributed by atoms with Crippen LogP contribution >= 0.6 is 0 Å². The number of nitrogens with one attached hydrogen (secondary N) is 1. The van der Waals surface area contributed by atoms with Crippen molar-refractivity contribution >= 4 is 17.6 Å². The van der Waals surface area contributed by atoms with Crippen molar-refractivity contribution in [1.29, 1.82) is 0 Å². The molecule has 0 spiro atoms. The summed E-state index contributed by atoms with van der Waals surface area (Å²) in [6.45, 7) is 8.31. The Kier molecular flexibility index (Phi) is 5.62. The highest BCUT2D eigenvalue weighted by Crippen LogP contribution is 2.24. The molecular weight excluding hydrogens is 392 g/mol. The first-order valence-corrected chi connectivity index (χ1v) is 10.1. The van der Waals surface area contributed by atoms with Gasteiger partial charge < -0.3 is 9.84 Å². The lowest BCUT2D eigenvalue weighted by molar-refractivity contribution is -0.116. The number of carbonyl (C=O) groups is 1. The van der Waals surface area contributed by atoms with Crippen molar-refractivity contribution in [3.8, 4) is 11.5 Å². The number of pyridine rings is 1. The maximum Gasteiger partial charge on any atom is 0.261 e. The van der Waals surface area contributed by atoms with E-state index in [1.807, 2.05) is 68.6 Å². The maximum absolute atomic E-state index is 12.3. The third-order valence-electron chi connectivity index (χ3n) is 4.95. The summed E-state index contributed by atoms with van der Waals surface area (Å²) in [6.07, 6.45) is 5.18. The first-order valence-electron chi connectivity index (χ1n) is 10.1. The minimum Gasteiger partial charge on any atom is -0.345 e. The van der Waals surface area contributed by atoms with Crippen LogP contribution < -0.4 is 5.32 Å². The number of rotatable bonds is 6. The van der Waals surface area contributed by atoms with Gasteiger partial charge in [0.2, 0.25) is 5.91 Å². The number of aryl methyl sites for hydroxylation is 2. The van der Waals surface area contributed by atoms with E-state index >= 15 is 0 Å². The summed E-state index contributed by atoms with van der Waals surface area (Å²) in [7, 11) is 0. The molecule has 31 heavy (non-hydrogen) atoms. The monoisotopic (exact) mass is 416 g/mol. The largest absolute Gasteiger partial charge is 0.345 e. The summed E-state index contributed by atoms with van der Waals surface area (Å²) in [5.74, 6) is 1.60. The number of aromatic nitrogens is 5. The van der Waals surface area contributed by atoms with Gasteiger partial charge >= 0.3 is 0 Å². The van der Waals surface area contributed by atoms with Gasteiger partial charge in [0.1, 0.15) is 0 Å². The average molecular weight is 416 g/mol. The standard InChI is InChI=1S/C23H24N6O2/c1-14(2)21-25-23(31-28-21)18-6-5-11-29-19(26-27-22(18)29)13-24-20(30)10-9-17-8-7-15(3)12-16(17)4/h5-12,14H,13H2,1-4H3,(H,24,30)/b10-9+. The van der Waals surface area contributed by atoms with Gasteiger partial charge in [-0.1, -0.05) is 42.8 Å². The molecule has 0 aliphatic carbocycles. The smallest absolute Gasteiger partial charge is 0.261 e. The number of fused-ring (bicyclic) bond motifs is 1. The molecule has 0 radical (unpaired) electrons. The number of benzene rings is 1. The van der Waals surface area contributed by atoms with E-state index in [1.54, 1.807) is 0 Å². The summed E-state index contributed by atoms with van der Waals surface area (Å²) < 4.78 is 7.21. The quantitative estimate of drug-likeness (QED) is 0.480. The maximum atomic E-state index is 12.3. The lowest BCUT2D eigenvalue weighted by Crippen LogP contribution is -2.21. The van der Waals surface area contributed by atoms with E-state index in [9.17, 15) is 4.79 Å². The first kappa shape index (κ1) is 20.5. The number of carbonyl (C=O) groups excluding carboxylic acids is 1. The molecule has 0 unspecified atom stereocenters. The fraction of sp³-hybridized carbons (Fsp3) is 0.261. The number of hydrogen-bond acceptors (Lipinski definition) is 6. The zero-order valence-electron chi connectivity index (χ0n) is 18.0. The average Bonchev–Trinajstić information content (AvgIpc) is 3.39. The Balaban J connectivity index is 1.49. The highest BCUT2D eigenvalue weighted by molar-refractivity contribution is 5.91. The first-order chi connectivity index (χ1) is 14.9. The van der Waals surface area contributed by atoms with Gasteiger partial charge in [0.15, 0.2) is 17.3 Å². The zero-order valence-corrected chi connectivity index (χ0v) is 18.0. The topological polar surface area (TPSA) is 98.2 Å². The summed E-state index contributed by atoms with van der Waals surface area (Å²) in [6, 6.07) is 9.83. The normalized spacial score (nSPS) is 11.6. The van der Waals surface area contributed by atoms with Gasteiger partial charge in [-0.15, -0.1) is 10.2 Å². The Morgan fingerprint density at radius 2 is 2.06 bits per heavy atom. The van der Waals surface area contributed by atoms with Crippen molar-refractivity contribution in [3.05, 3.63) is 70.9 Å². The van der Waals surface area contributed by atoms with E-state index < -0.39 is 0 Å². The van der Waals surface area contributed by atoms with Crippen molar-refractivity contribution in [2.24, 2.45) is 0 Å². The lowest BCUT2D eigenvalue weighted by atomic mass is 10.1. The molecule has 3 aromatic heterocycles. The van der Waals surface area contributed by atoms with Crippen molar-refractivity contribution in [2.45, 2.75) is 40.2 Å². The fourth-order valence-electron chi connectivity index (χ4n) is 3.23. The van der Waals surface area contributed by atoms with Gasteiger partial charge in [-0.05, 0) is 43.2 Å². The molecule has 8 heteroatoms. The third kappa shape index (κ3) is 4.37. The molecule has 0 aliphatic rings. The zero-order chi connectivity index (χ0) is 22.0. The molecule has 0 fully saturated rings. The molecule has 1 N–H and O–H groups in total. The van der Waals surface area contributed by atoms with Crippen molar-refractivity contribution in [2.75, 3.05) is 0 Å². The molecule has 1 amide bonds. The molecule has 4 rings (SSSR count). The molecule has 0 saturated carbocycles. The van der Waals surface area contributed by atoms with E-state index in [0.717, 1.165) is 11.1 Å². The second kappa shape index (κ2) is 8.51. The third-order valence-corrected chi connectivity index (χ3v) is 4.95. The van der Waals surface area contributed by atoms with Crippen LogP contribution in [0.15, 0.2) is 47.1 Å². The van der Waals surface area contributed by atoms with E-state index in [0.29, 0.717) is 28.8 Å². The molecule has 158 valence electrons. The molecule has 0 aliphatic heterocycles. The Morgan fingerprint density at radius 3 is 2.81 bits per heavy atom. The molecule has 3 heterocycles. The molecule has 0 bridgehead atoms. The SMILES string of the molecule is Cc1ccc(/C=C/C(=O)NCc2nnc3c(-c4nc(C(C)C)no4)cccn23)c(C)c1. The highest BCUT2D eigenvalue weighted by atomic mass is 16.5. The number of amides is 1. The fourth-order valence-corrected chi connectivity index (χ4v) is 3.23. The highest BCUT2D eigenvalue weighted by Gasteiger charge is 2.17. The molecular formula is C23H24N6O2. The van der Waals surface area contributed by atoms with Crippen molar-refractivity contribution in [3.63, 3.8) is 0 Å². The van der Waals surface area contributed by atoms with Crippen LogP contribution in [0.4, 0.5) is 0 Å². The molecule has 0 atom stereocenters. The Morgan fingerprint density at radius 1 is 1.23 bits per heavy atom. The lowest BCUT2D eigenvalue weighted by Gasteiger charge is -2.03. The molecule has 1 aromatic carbocycles.